The Kier molecular flexibility index (Phi) is 5.68. The number of fused-ring (bicyclic) bond motifs is 1. The third kappa shape index (κ3) is 4.26. The lowest BCUT2D eigenvalue weighted by Gasteiger charge is -2.13. The van der Waals surface area contributed by atoms with E-state index < -0.39 is 12.1 Å². The zero-order valence-corrected chi connectivity index (χ0v) is 16.3. The van der Waals surface area contributed by atoms with Gasteiger partial charge in [0.15, 0.2) is 6.10 Å². The Balaban J connectivity index is 1.63. The number of carbonyl (C=O) groups excluding carboxylic acids is 1. The quantitative estimate of drug-likeness (QED) is 0.368. The van der Waals surface area contributed by atoms with Gasteiger partial charge in [-0.05, 0) is 30.3 Å². The van der Waals surface area contributed by atoms with Gasteiger partial charge in [-0.3, -0.25) is 4.79 Å². The highest BCUT2D eigenvalue weighted by atomic mass is 16.5. The molecule has 0 saturated carbocycles. The Morgan fingerprint density at radius 2 is 1.87 bits per heavy atom. The number of para-hydroxylation sites is 1. The fraction of sp³-hybridized carbons (Fsp3) is 0.0833. The molecule has 0 aliphatic heterocycles. The summed E-state index contributed by atoms with van der Waals surface area (Å²) in [6, 6.07) is 21.3. The van der Waals surface area contributed by atoms with Gasteiger partial charge in [-0.2, -0.15) is 0 Å². The molecule has 3 aromatic carbocycles. The van der Waals surface area contributed by atoms with Crippen molar-refractivity contribution >= 4 is 29.0 Å². The number of aliphatic hydroxyl groups is 1. The summed E-state index contributed by atoms with van der Waals surface area (Å²) in [6.45, 7) is 0.159. The average molecular weight is 417 g/mol. The first kappa shape index (κ1) is 20.2. The number of carboxylic acid groups (broad SMARTS) is 1. The number of rotatable bonds is 8. The Bertz CT molecular complexity index is 1250. The van der Waals surface area contributed by atoms with E-state index in [2.05, 4.69) is 5.32 Å². The lowest BCUT2D eigenvalue weighted by molar-refractivity contribution is -0.147. The molecule has 0 fully saturated rings. The van der Waals surface area contributed by atoms with Crippen LogP contribution in [0.2, 0.25) is 0 Å². The highest BCUT2D eigenvalue weighted by Crippen LogP contribution is 2.32. The van der Waals surface area contributed by atoms with Gasteiger partial charge in [-0.1, -0.05) is 42.5 Å². The van der Waals surface area contributed by atoms with Gasteiger partial charge in [0, 0.05) is 27.8 Å². The summed E-state index contributed by atoms with van der Waals surface area (Å²) in [5.74, 6) is -0.409. The second-order valence-electron chi connectivity index (χ2n) is 6.85. The molecule has 1 heterocycles. The minimum Gasteiger partial charge on any atom is -0.488 e. The van der Waals surface area contributed by atoms with Crippen LogP contribution in [0.1, 0.15) is 17.2 Å². The number of carboxylic acids is 1. The molecule has 1 amide bonds. The molecular formula is C24H19NO6. The maximum atomic E-state index is 11.2. The molecule has 4 rings (SSSR count). The first-order valence-corrected chi connectivity index (χ1v) is 9.51. The summed E-state index contributed by atoms with van der Waals surface area (Å²) in [6.07, 6.45) is -1.05. The van der Waals surface area contributed by atoms with Gasteiger partial charge < -0.3 is 24.7 Å². The SMILES string of the molecule is O=CNc1cccc(-c2cc3c(COc4ccccc4C(O)C(=O)O)cccc3o2)c1. The van der Waals surface area contributed by atoms with Gasteiger partial charge in [0.05, 0.1) is 0 Å². The van der Waals surface area contributed by atoms with E-state index >= 15 is 0 Å². The van der Waals surface area contributed by atoms with E-state index in [-0.39, 0.29) is 12.2 Å². The van der Waals surface area contributed by atoms with Gasteiger partial charge in [-0.15, -0.1) is 0 Å². The highest BCUT2D eigenvalue weighted by Gasteiger charge is 2.20. The van der Waals surface area contributed by atoms with Crippen molar-refractivity contribution in [3.8, 4) is 17.1 Å². The van der Waals surface area contributed by atoms with Crippen LogP contribution in [0.25, 0.3) is 22.3 Å². The third-order valence-electron chi connectivity index (χ3n) is 4.86. The lowest BCUT2D eigenvalue weighted by atomic mass is 10.1. The molecule has 1 atom stereocenters. The van der Waals surface area contributed by atoms with Crippen molar-refractivity contribution in [3.05, 3.63) is 83.9 Å². The van der Waals surface area contributed by atoms with Gasteiger partial charge in [-0.25, -0.2) is 4.79 Å². The fourth-order valence-corrected chi connectivity index (χ4v) is 3.35. The Hall–Kier alpha value is -4.10. The topological polar surface area (TPSA) is 109 Å². The van der Waals surface area contributed by atoms with Crippen LogP contribution in [0.15, 0.2) is 77.2 Å². The summed E-state index contributed by atoms with van der Waals surface area (Å²) < 4.78 is 11.8. The van der Waals surface area contributed by atoms with Crippen LogP contribution >= 0.6 is 0 Å². The van der Waals surface area contributed by atoms with E-state index in [0.29, 0.717) is 29.2 Å². The van der Waals surface area contributed by atoms with Crippen LogP contribution in [0.3, 0.4) is 0 Å². The maximum Gasteiger partial charge on any atom is 0.337 e. The summed E-state index contributed by atoms with van der Waals surface area (Å²) in [5, 5.41) is 22.5. The number of ether oxygens (including phenoxy) is 1. The molecule has 156 valence electrons. The summed E-state index contributed by atoms with van der Waals surface area (Å²) in [5.41, 5.74) is 3.17. The summed E-state index contributed by atoms with van der Waals surface area (Å²) in [7, 11) is 0. The summed E-state index contributed by atoms with van der Waals surface area (Å²) >= 11 is 0. The van der Waals surface area contributed by atoms with Crippen LogP contribution in [0, 0.1) is 0 Å². The van der Waals surface area contributed by atoms with Gasteiger partial charge in [0.1, 0.15) is 23.7 Å². The molecule has 0 aliphatic rings. The molecule has 0 radical (unpaired) electrons. The average Bonchev–Trinajstić information content (AvgIpc) is 3.23. The van der Waals surface area contributed by atoms with Gasteiger partial charge >= 0.3 is 5.97 Å². The van der Waals surface area contributed by atoms with Gasteiger partial charge in [0.25, 0.3) is 0 Å². The number of carbonyl (C=O) groups is 2. The van der Waals surface area contributed by atoms with Crippen LogP contribution in [-0.4, -0.2) is 22.6 Å². The first-order valence-electron chi connectivity index (χ1n) is 9.51. The molecule has 31 heavy (non-hydrogen) atoms. The minimum absolute atomic E-state index is 0.159. The predicted molar refractivity (Wildman–Crippen MR) is 115 cm³/mol. The lowest BCUT2D eigenvalue weighted by Crippen LogP contribution is -2.12. The molecule has 0 spiro atoms. The van der Waals surface area contributed by atoms with E-state index in [1.807, 2.05) is 42.5 Å². The second-order valence-corrected chi connectivity index (χ2v) is 6.85. The Morgan fingerprint density at radius 3 is 2.68 bits per heavy atom. The molecule has 1 aromatic heterocycles. The van der Waals surface area contributed by atoms with Crippen LogP contribution in [-0.2, 0) is 16.2 Å². The third-order valence-corrected chi connectivity index (χ3v) is 4.86. The van der Waals surface area contributed by atoms with Crippen LogP contribution in [0.5, 0.6) is 5.75 Å². The highest BCUT2D eigenvalue weighted by molar-refractivity contribution is 5.86. The standard InChI is InChI=1S/C24H19NO6/c26-14-25-17-7-3-5-15(11-17)22-12-19-16(6-4-10-21(19)31-22)13-30-20-9-2-1-8-18(20)23(27)24(28)29/h1-12,14,23,27H,13H2,(H,25,26)(H,28,29). The predicted octanol–water partition coefficient (Wildman–Crippen LogP) is 4.37. The summed E-state index contributed by atoms with van der Waals surface area (Å²) in [4.78, 5) is 21.9. The molecule has 0 aliphatic carbocycles. The number of benzene rings is 3. The molecule has 1 unspecified atom stereocenters. The number of aliphatic carboxylic acids is 1. The van der Waals surface area contributed by atoms with Crippen molar-refractivity contribution < 1.29 is 29.0 Å². The van der Waals surface area contributed by atoms with Crippen molar-refractivity contribution in [1.82, 2.24) is 0 Å². The molecule has 0 bridgehead atoms. The van der Waals surface area contributed by atoms with Crippen molar-refractivity contribution in [1.29, 1.82) is 0 Å². The van der Waals surface area contributed by atoms with E-state index in [9.17, 15) is 14.7 Å². The molecule has 3 N–H and O–H groups in total. The first-order chi connectivity index (χ1) is 15.1. The van der Waals surface area contributed by atoms with E-state index in [1.54, 1.807) is 24.3 Å². The molecular weight excluding hydrogens is 398 g/mol. The number of nitrogens with one attached hydrogen (secondary N) is 1. The van der Waals surface area contributed by atoms with Crippen molar-refractivity contribution in [3.63, 3.8) is 0 Å². The van der Waals surface area contributed by atoms with Crippen molar-refractivity contribution in [2.24, 2.45) is 0 Å². The molecule has 7 heteroatoms. The fourth-order valence-electron chi connectivity index (χ4n) is 3.35. The molecule has 0 saturated heterocycles. The largest absolute Gasteiger partial charge is 0.488 e. The number of hydrogen-bond donors (Lipinski definition) is 3. The number of amides is 1. The van der Waals surface area contributed by atoms with E-state index in [4.69, 9.17) is 14.3 Å². The number of anilines is 1. The van der Waals surface area contributed by atoms with Crippen LogP contribution < -0.4 is 10.1 Å². The maximum absolute atomic E-state index is 11.2. The zero-order chi connectivity index (χ0) is 21.8. The Morgan fingerprint density at radius 1 is 1.06 bits per heavy atom. The monoisotopic (exact) mass is 417 g/mol. The normalized spacial score (nSPS) is 11.8. The molecule has 7 nitrogen and oxygen atoms in total. The number of furan rings is 1. The van der Waals surface area contributed by atoms with E-state index in [0.717, 1.165) is 16.5 Å². The van der Waals surface area contributed by atoms with Crippen LogP contribution in [0.4, 0.5) is 5.69 Å². The smallest absolute Gasteiger partial charge is 0.337 e. The number of hydrogen-bond acceptors (Lipinski definition) is 5. The second kappa shape index (κ2) is 8.73. The van der Waals surface area contributed by atoms with Gasteiger partial charge in [0.2, 0.25) is 6.41 Å². The minimum atomic E-state index is -1.67. The zero-order valence-electron chi connectivity index (χ0n) is 16.3. The Labute approximate surface area is 177 Å². The van der Waals surface area contributed by atoms with E-state index in [1.165, 1.54) is 6.07 Å². The number of aliphatic hydroxyl groups excluding tert-OH is 1. The van der Waals surface area contributed by atoms with Crippen molar-refractivity contribution in [2.75, 3.05) is 5.32 Å². The molecule has 4 aromatic rings. The van der Waals surface area contributed by atoms with Crippen molar-refractivity contribution in [2.45, 2.75) is 12.7 Å².